The Bertz CT molecular complexity index is 541. The van der Waals surface area contributed by atoms with Crippen LogP contribution >= 0.6 is 0 Å². The third-order valence-corrected chi connectivity index (χ3v) is 3.49. The van der Waals surface area contributed by atoms with Crippen LogP contribution in [0.5, 0.6) is 0 Å². The van der Waals surface area contributed by atoms with E-state index in [0.29, 0.717) is 5.69 Å². The summed E-state index contributed by atoms with van der Waals surface area (Å²) in [7, 11) is 3.70. The number of benzene rings is 1. The monoisotopic (exact) mass is 293 g/mol. The third-order valence-electron chi connectivity index (χ3n) is 3.49. The van der Waals surface area contributed by atoms with E-state index in [1.165, 1.54) is 18.2 Å². The summed E-state index contributed by atoms with van der Waals surface area (Å²) in [6, 6.07) is 4.20. The molecule has 1 aliphatic heterocycles. The van der Waals surface area contributed by atoms with Gasteiger partial charge in [0.2, 0.25) is 0 Å². The van der Waals surface area contributed by atoms with Crippen molar-refractivity contribution in [1.29, 1.82) is 0 Å². The maximum Gasteiger partial charge on any atom is 0.270 e. The number of anilines is 1. The first-order chi connectivity index (χ1) is 10.0. The van der Waals surface area contributed by atoms with E-state index in [4.69, 9.17) is 0 Å². The number of nitro benzene ring substituents is 1. The average Bonchev–Trinajstić information content (AvgIpc) is 2.48. The largest absolute Gasteiger partial charge is 0.387 e. The highest BCUT2D eigenvalue weighted by Gasteiger charge is 2.20. The second-order valence-electron chi connectivity index (χ2n) is 4.97. The quantitative estimate of drug-likeness (QED) is 0.621. The lowest BCUT2D eigenvalue weighted by molar-refractivity contribution is -0.384. The van der Waals surface area contributed by atoms with Gasteiger partial charge in [0.15, 0.2) is 0 Å². The number of likely N-dealkylation sites (N-methyl/N-ethyl adjacent to an activating group) is 1. The van der Waals surface area contributed by atoms with Crippen molar-refractivity contribution in [2.45, 2.75) is 0 Å². The van der Waals surface area contributed by atoms with Crippen LogP contribution < -0.4 is 10.7 Å². The molecule has 1 amide bonds. The standard InChI is InChI=1S/C13H19N5O3/c1-14-12-4-3-10(18(20)21)9-11(12)13(19)15-17-7-5-16(2)6-8-17/h3-4,9,14H,5-8H2,1-2H3,(H,15,19). The molecule has 8 heteroatoms. The molecule has 0 spiro atoms. The Morgan fingerprint density at radius 1 is 1.29 bits per heavy atom. The van der Waals surface area contributed by atoms with Crippen LogP contribution in [0.3, 0.4) is 0 Å². The summed E-state index contributed by atoms with van der Waals surface area (Å²) < 4.78 is 0. The lowest BCUT2D eigenvalue weighted by Gasteiger charge is -2.32. The zero-order valence-corrected chi connectivity index (χ0v) is 12.1. The minimum absolute atomic E-state index is 0.0995. The first kappa shape index (κ1) is 15.2. The van der Waals surface area contributed by atoms with Crippen molar-refractivity contribution in [3.05, 3.63) is 33.9 Å². The zero-order chi connectivity index (χ0) is 15.4. The summed E-state index contributed by atoms with van der Waals surface area (Å²) in [6.45, 7) is 3.19. The first-order valence-electron chi connectivity index (χ1n) is 6.72. The van der Waals surface area contributed by atoms with Crippen LogP contribution in [0.15, 0.2) is 18.2 Å². The van der Waals surface area contributed by atoms with Gasteiger partial charge in [-0.25, -0.2) is 5.01 Å². The number of hydrogen-bond acceptors (Lipinski definition) is 6. The van der Waals surface area contributed by atoms with E-state index < -0.39 is 4.92 Å². The topological polar surface area (TPSA) is 90.8 Å². The molecule has 114 valence electrons. The number of rotatable bonds is 4. The average molecular weight is 293 g/mol. The van der Waals surface area contributed by atoms with Crippen LogP contribution in [0.25, 0.3) is 0 Å². The minimum atomic E-state index is -0.508. The van der Waals surface area contributed by atoms with E-state index in [-0.39, 0.29) is 17.2 Å². The van der Waals surface area contributed by atoms with Gasteiger partial charge in [-0.3, -0.25) is 20.3 Å². The zero-order valence-electron chi connectivity index (χ0n) is 12.1. The van der Waals surface area contributed by atoms with E-state index in [2.05, 4.69) is 15.6 Å². The molecule has 1 heterocycles. The summed E-state index contributed by atoms with van der Waals surface area (Å²) >= 11 is 0. The smallest absolute Gasteiger partial charge is 0.270 e. The van der Waals surface area contributed by atoms with Gasteiger partial charge in [-0.15, -0.1) is 0 Å². The van der Waals surface area contributed by atoms with E-state index in [0.717, 1.165) is 26.2 Å². The molecule has 0 aromatic heterocycles. The number of nitro groups is 1. The van der Waals surface area contributed by atoms with Crippen molar-refractivity contribution in [1.82, 2.24) is 15.3 Å². The lowest BCUT2D eigenvalue weighted by atomic mass is 10.1. The van der Waals surface area contributed by atoms with Gasteiger partial charge in [0.1, 0.15) is 0 Å². The van der Waals surface area contributed by atoms with Crippen LogP contribution in [0, 0.1) is 10.1 Å². The lowest BCUT2D eigenvalue weighted by Crippen LogP contribution is -2.52. The Morgan fingerprint density at radius 2 is 1.95 bits per heavy atom. The van der Waals surface area contributed by atoms with Crippen LogP contribution in [-0.4, -0.2) is 61.0 Å². The van der Waals surface area contributed by atoms with Crippen molar-refractivity contribution >= 4 is 17.3 Å². The molecule has 1 fully saturated rings. The normalized spacial score (nSPS) is 16.5. The molecule has 21 heavy (non-hydrogen) atoms. The molecule has 2 rings (SSSR count). The van der Waals surface area contributed by atoms with Gasteiger partial charge in [0, 0.05) is 51.0 Å². The van der Waals surface area contributed by atoms with Gasteiger partial charge in [-0.05, 0) is 13.1 Å². The molecule has 0 aliphatic carbocycles. The van der Waals surface area contributed by atoms with Crippen LogP contribution in [0.2, 0.25) is 0 Å². The molecule has 0 saturated carbocycles. The number of hydrogen-bond donors (Lipinski definition) is 2. The second-order valence-corrected chi connectivity index (χ2v) is 4.97. The number of non-ortho nitro benzene ring substituents is 1. The Morgan fingerprint density at radius 3 is 2.52 bits per heavy atom. The highest BCUT2D eigenvalue weighted by Crippen LogP contribution is 2.21. The van der Waals surface area contributed by atoms with Gasteiger partial charge < -0.3 is 10.2 Å². The Kier molecular flexibility index (Phi) is 4.71. The summed E-state index contributed by atoms with van der Waals surface area (Å²) in [6.07, 6.45) is 0. The van der Waals surface area contributed by atoms with Crippen molar-refractivity contribution in [2.75, 3.05) is 45.6 Å². The van der Waals surface area contributed by atoms with Crippen LogP contribution in [-0.2, 0) is 0 Å². The Hall–Kier alpha value is -2.19. The van der Waals surface area contributed by atoms with E-state index >= 15 is 0 Å². The highest BCUT2D eigenvalue weighted by molar-refractivity contribution is 6.00. The van der Waals surface area contributed by atoms with Crippen molar-refractivity contribution < 1.29 is 9.72 Å². The molecule has 0 unspecified atom stereocenters. The Labute approximate surface area is 122 Å². The predicted octanol–water partition coefficient (Wildman–Crippen LogP) is 0.529. The number of carbonyl (C=O) groups is 1. The maximum atomic E-state index is 12.3. The summed E-state index contributed by atoms with van der Waals surface area (Å²) in [5.41, 5.74) is 3.53. The molecule has 1 aliphatic rings. The molecular weight excluding hydrogens is 274 g/mol. The maximum absolute atomic E-state index is 12.3. The van der Waals surface area contributed by atoms with Gasteiger partial charge in [-0.2, -0.15) is 0 Å². The predicted molar refractivity (Wildman–Crippen MR) is 79.2 cm³/mol. The molecule has 8 nitrogen and oxygen atoms in total. The van der Waals surface area contributed by atoms with Crippen LogP contribution in [0.1, 0.15) is 10.4 Å². The molecule has 2 N–H and O–H groups in total. The number of nitrogens with one attached hydrogen (secondary N) is 2. The fraction of sp³-hybridized carbons (Fsp3) is 0.462. The number of carbonyl (C=O) groups excluding carboxylic acids is 1. The van der Waals surface area contributed by atoms with Crippen molar-refractivity contribution in [3.8, 4) is 0 Å². The van der Waals surface area contributed by atoms with Crippen LogP contribution in [0.4, 0.5) is 11.4 Å². The molecule has 1 aromatic rings. The molecule has 0 atom stereocenters. The first-order valence-corrected chi connectivity index (χ1v) is 6.72. The van der Waals surface area contributed by atoms with Crippen molar-refractivity contribution in [2.24, 2.45) is 0 Å². The van der Waals surface area contributed by atoms with E-state index in [1.54, 1.807) is 7.05 Å². The minimum Gasteiger partial charge on any atom is -0.387 e. The summed E-state index contributed by atoms with van der Waals surface area (Å²) in [5.74, 6) is -0.340. The fourth-order valence-electron chi connectivity index (χ4n) is 2.17. The third kappa shape index (κ3) is 3.67. The fourth-order valence-corrected chi connectivity index (χ4v) is 2.17. The van der Waals surface area contributed by atoms with Crippen molar-refractivity contribution in [3.63, 3.8) is 0 Å². The molecular formula is C13H19N5O3. The number of hydrazine groups is 1. The Balaban J connectivity index is 2.13. The highest BCUT2D eigenvalue weighted by atomic mass is 16.6. The molecule has 1 aromatic carbocycles. The van der Waals surface area contributed by atoms with E-state index in [9.17, 15) is 14.9 Å². The number of amides is 1. The number of piperazine rings is 1. The molecule has 0 bridgehead atoms. The van der Waals surface area contributed by atoms with Gasteiger partial charge in [-0.1, -0.05) is 0 Å². The van der Waals surface area contributed by atoms with Gasteiger partial charge in [0.25, 0.3) is 11.6 Å². The number of nitrogens with zero attached hydrogens (tertiary/aromatic N) is 3. The SMILES string of the molecule is CNc1ccc([N+](=O)[O-])cc1C(=O)NN1CCN(C)CC1. The molecule has 1 saturated heterocycles. The summed E-state index contributed by atoms with van der Waals surface area (Å²) in [4.78, 5) is 24.8. The van der Waals surface area contributed by atoms with Gasteiger partial charge in [0.05, 0.1) is 10.5 Å². The molecule has 0 radical (unpaired) electrons. The summed E-state index contributed by atoms with van der Waals surface area (Å²) in [5, 5.41) is 15.5. The second kappa shape index (κ2) is 6.51. The van der Waals surface area contributed by atoms with E-state index in [1.807, 2.05) is 12.1 Å². The van der Waals surface area contributed by atoms with Gasteiger partial charge >= 0.3 is 0 Å².